The normalized spacial score (nSPS) is 21.4. The molecule has 0 spiro atoms. The van der Waals surface area contributed by atoms with Crippen molar-refractivity contribution in [1.82, 2.24) is 5.32 Å². The van der Waals surface area contributed by atoms with Crippen LogP contribution in [-0.4, -0.2) is 25.4 Å². The van der Waals surface area contributed by atoms with Gasteiger partial charge in [-0.05, 0) is 23.6 Å². The average Bonchev–Trinajstić information content (AvgIpc) is 2.85. The second kappa shape index (κ2) is 6.15. The van der Waals surface area contributed by atoms with Gasteiger partial charge in [0.15, 0.2) is 5.17 Å². The van der Waals surface area contributed by atoms with Crippen molar-refractivity contribution in [2.24, 2.45) is 16.0 Å². The second-order valence-electron chi connectivity index (χ2n) is 5.12. The van der Waals surface area contributed by atoms with Crippen molar-refractivity contribution in [2.75, 3.05) is 5.75 Å². The molecule has 1 heterocycles. The Hall–Kier alpha value is -1.05. The Labute approximate surface area is 124 Å². The van der Waals surface area contributed by atoms with Crippen molar-refractivity contribution < 1.29 is 8.42 Å². The summed E-state index contributed by atoms with van der Waals surface area (Å²) in [5, 5.41) is 9.41. The molecule has 1 saturated heterocycles. The van der Waals surface area contributed by atoms with Gasteiger partial charge in [0.2, 0.25) is 10.0 Å². The summed E-state index contributed by atoms with van der Waals surface area (Å²) in [7, 11) is -3.62. The topological polar surface area (TPSA) is 84.5 Å². The lowest BCUT2D eigenvalue weighted by molar-refractivity contribution is 0.503. The van der Waals surface area contributed by atoms with Gasteiger partial charge in [-0.3, -0.25) is 4.99 Å². The highest BCUT2D eigenvalue weighted by atomic mass is 32.2. The summed E-state index contributed by atoms with van der Waals surface area (Å²) in [4.78, 5) is 4.63. The molecule has 0 amide bonds. The Bertz CT molecular complexity index is 595. The van der Waals surface area contributed by atoms with Crippen LogP contribution in [0.25, 0.3) is 0 Å². The maximum Gasteiger partial charge on any atom is 0.238 e. The van der Waals surface area contributed by atoms with E-state index in [4.69, 9.17) is 5.14 Å². The molecule has 1 aromatic carbocycles. The standard InChI is InChI=1S/C13H19N3O2S2/c1-9(2)12-8-19-13(16-12)15-7-10-3-5-11(6-4-10)20(14,17)18/h3-6,9,12H,7-8H2,1-2H3,(H,15,16)(H2,14,17,18). The van der Waals surface area contributed by atoms with Crippen molar-refractivity contribution in [2.45, 2.75) is 31.3 Å². The molecule has 1 unspecified atom stereocenters. The quantitative estimate of drug-likeness (QED) is 0.883. The van der Waals surface area contributed by atoms with Crippen LogP contribution in [0.1, 0.15) is 19.4 Å². The van der Waals surface area contributed by atoms with Gasteiger partial charge in [-0.25, -0.2) is 13.6 Å². The number of hydrogen-bond donors (Lipinski definition) is 2. The van der Waals surface area contributed by atoms with Gasteiger partial charge < -0.3 is 5.32 Å². The number of aliphatic imine (C=N–C) groups is 1. The van der Waals surface area contributed by atoms with Gasteiger partial charge >= 0.3 is 0 Å². The summed E-state index contributed by atoms with van der Waals surface area (Å²) in [5.41, 5.74) is 0.959. The summed E-state index contributed by atoms with van der Waals surface area (Å²) in [6.07, 6.45) is 0. The molecular weight excluding hydrogens is 294 g/mol. The highest BCUT2D eigenvalue weighted by molar-refractivity contribution is 8.14. The van der Waals surface area contributed by atoms with E-state index in [1.54, 1.807) is 23.9 Å². The van der Waals surface area contributed by atoms with Crippen LogP contribution in [0.5, 0.6) is 0 Å². The molecule has 1 atom stereocenters. The SMILES string of the molecule is CC(C)C1CSC(=NCc2ccc(S(N)(=O)=O)cc2)N1. The molecule has 1 aliphatic rings. The van der Waals surface area contributed by atoms with Gasteiger partial charge in [-0.1, -0.05) is 37.7 Å². The van der Waals surface area contributed by atoms with Gasteiger partial charge in [-0.2, -0.15) is 0 Å². The number of hydrogen-bond acceptors (Lipinski definition) is 4. The molecule has 3 N–H and O–H groups in total. The number of primary sulfonamides is 1. The lowest BCUT2D eigenvalue weighted by Crippen LogP contribution is -2.31. The number of amidine groups is 1. The molecule has 0 bridgehead atoms. The van der Waals surface area contributed by atoms with E-state index >= 15 is 0 Å². The summed E-state index contributed by atoms with van der Waals surface area (Å²) < 4.78 is 22.3. The number of nitrogens with two attached hydrogens (primary N) is 1. The van der Waals surface area contributed by atoms with Crippen LogP contribution in [0.15, 0.2) is 34.2 Å². The zero-order valence-electron chi connectivity index (χ0n) is 11.5. The van der Waals surface area contributed by atoms with E-state index in [2.05, 4.69) is 24.2 Å². The minimum atomic E-state index is -3.62. The molecule has 0 aromatic heterocycles. The molecule has 1 fully saturated rings. The van der Waals surface area contributed by atoms with E-state index in [0.29, 0.717) is 18.5 Å². The van der Waals surface area contributed by atoms with E-state index in [0.717, 1.165) is 16.5 Å². The zero-order valence-corrected chi connectivity index (χ0v) is 13.2. The van der Waals surface area contributed by atoms with Gasteiger partial charge in [0.25, 0.3) is 0 Å². The second-order valence-corrected chi connectivity index (χ2v) is 7.69. The van der Waals surface area contributed by atoms with Gasteiger partial charge in [0, 0.05) is 11.8 Å². The third-order valence-electron chi connectivity index (χ3n) is 3.17. The summed E-state index contributed by atoms with van der Waals surface area (Å²) in [5.74, 6) is 1.63. The number of rotatable bonds is 4. The fourth-order valence-corrected chi connectivity index (χ4v) is 3.52. The van der Waals surface area contributed by atoms with E-state index < -0.39 is 10.0 Å². The lowest BCUT2D eigenvalue weighted by Gasteiger charge is -2.13. The molecular formula is C13H19N3O2S2. The Kier molecular flexibility index (Phi) is 4.72. The Morgan fingerprint density at radius 1 is 1.40 bits per heavy atom. The molecule has 110 valence electrons. The summed E-state index contributed by atoms with van der Waals surface area (Å²) >= 11 is 1.73. The molecule has 0 aliphatic carbocycles. The molecule has 0 radical (unpaired) electrons. The molecule has 5 nitrogen and oxygen atoms in total. The van der Waals surface area contributed by atoms with Crippen molar-refractivity contribution in [1.29, 1.82) is 0 Å². The smallest absolute Gasteiger partial charge is 0.238 e. The predicted molar refractivity (Wildman–Crippen MR) is 83.2 cm³/mol. The van der Waals surface area contributed by atoms with Crippen LogP contribution in [0.2, 0.25) is 0 Å². The fourth-order valence-electron chi connectivity index (χ4n) is 1.81. The summed E-state index contributed by atoms with van der Waals surface area (Å²) in [6, 6.07) is 6.98. The largest absolute Gasteiger partial charge is 0.361 e. The Morgan fingerprint density at radius 2 is 2.05 bits per heavy atom. The molecule has 7 heteroatoms. The maximum atomic E-state index is 11.1. The first kappa shape index (κ1) is 15.3. The molecule has 0 saturated carbocycles. The Balaban J connectivity index is 1.98. The number of sulfonamides is 1. The minimum absolute atomic E-state index is 0.127. The number of benzene rings is 1. The minimum Gasteiger partial charge on any atom is -0.361 e. The highest BCUT2D eigenvalue weighted by Crippen LogP contribution is 2.19. The fraction of sp³-hybridized carbons (Fsp3) is 0.462. The Morgan fingerprint density at radius 3 is 2.55 bits per heavy atom. The van der Waals surface area contributed by atoms with Gasteiger partial charge in [-0.15, -0.1) is 0 Å². The first-order chi connectivity index (χ1) is 9.36. The predicted octanol–water partition coefficient (Wildman–Crippen LogP) is 1.55. The van der Waals surface area contributed by atoms with Crippen molar-refractivity contribution in [3.63, 3.8) is 0 Å². The zero-order chi connectivity index (χ0) is 14.8. The first-order valence-corrected chi connectivity index (χ1v) is 8.95. The summed E-state index contributed by atoms with van der Waals surface area (Å²) in [6.45, 7) is 4.91. The maximum absolute atomic E-state index is 11.1. The van der Waals surface area contributed by atoms with E-state index in [9.17, 15) is 8.42 Å². The van der Waals surface area contributed by atoms with E-state index in [1.165, 1.54) is 12.1 Å². The van der Waals surface area contributed by atoms with Crippen LogP contribution < -0.4 is 10.5 Å². The average molecular weight is 313 g/mol. The van der Waals surface area contributed by atoms with Gasteiger partial charge in [0.1, 0.15) is 0 Å². The van der Waals surface area contributed by atoms with Crippen molar-refractivity contribution in [3.05, 3.63) is 29.8 Å². The van der Waals surface area contributed by atoms with Crippen molar-refractivity contribution in [3.8, 4) is 0 Å². The van der Waals surface area contributed by atoms with Crippen molar-refractivity contribution >= 4 is 27.0 Å². The van der Waals surface area contributed by atoms with E-state index in [-0.39, 0.29) is 4.90 Å². The lowest BCUT2D eigenvalue weighted by atomic mass is 10.1. The molecule has 1 aliphatic heterocycles. The van der Waals surface area contributed by atoms with Gasteiger partial charge in [0.05, 0.1) is 11.4 Å². The molecule has 1 aromatic rings. The third kappa shape index (κ3) is 3.97. The number of nitrogens with zero attached hydrogens (tertiary/aromatic N) is 1. The highest BCUT2D eigenvalue weighted by Gasteiger charge is 2.22. The number of nitrogens with one attached hydrogen (secondary N) is 1. The van der Waals surface area contributed by atoms with E-state index in [1.807, 2.05) is 0 Å². The van der Waals surface area contributed by atoms with Crippen LogP contribution in [0.4, 0.5) is 0 Å². The van der Waals surface area contributed by atoms with Crippen LogP contribution in [0, 0.1) is 5.92 Å². The van der Waals surface area contributed by atoms with Crippen LogP contribution in [-0.2, 0) is 16.6 Å². The molecule has 2 rings (SSSR count). The van der Waals surface area contributed by atoms with Crippen LogP contribution in [0.3, 0.4) is 0 Å². The number of thioether (sulfide) groups is 1. The van der Waals surface area contributed by atoms with Crippen LogP contribution >= 0.6 is 11.8 Å². The monoisotopic (exact) mass is 313 g/mol. The third-order valence-corrected chi connectivity index (χ3v) is 5.15. The molecule has 20 heavy (non-hydrogen) atoms. The first-order valence-electron chi connectivity index (χ1n) is 6.42.